The first-order valence-electron chi connectivity index (χ1n) is 5.84. The predicted octanol–water partition coefficient (Wildman–Crippen LogP) is 3.60. The minimum absolute atomic E-state index is 0.549. The topological polar surface area (TPSA) is 50.8 Å². The van der Waals surface area contributed by atoms with Crippen LogP contribution in [0.3, 0.4) is 0 Å². The molecule has 0 bridgehead atoms. The lowest BCUT2D eigenvalue weighted by atomic mass is 10.1. The van der Waals surface area contributed by atoms with Crippen LogP contribution in [-0.2, 0) is 0 Å². The number of aryl methyl sites for hydroxylation is 1. The molecule has 0 atom stereocenters. The number of ether oxygens (including phenoxy) is 1. The molecule has 1 aromatic carbocycles. The van der Waals surface area contributed by atoms with Gasteiger partial charge in [0.1, 0.15) is 5.82 Å². The standard InChI is InChI=1S/C14H12ClN3O/c1-8-3-4-9(7-10(8)15)13-16-11-5-6-12(19-2)17-14(11)18-13/h3-7H,1-2H3,(H,16,17,18). The van der Waals surface area contributed by atoms with Crippen molar-refractivity contribution in [2.24, 2.45) is 0 Å². The highest BCUT2D eigenvalue weighted by molar-refractivity contribution is 6.31. The number of fused-ring (bicyclic) bond motifs is 1. The minimum Gasteiger partial charge on any atom is -0.481 e. The van der Waals surface area contributed by atoms with Crippen molar-refractivity contribution in [3.8, 4) is 17.3 Å². The Morgan fingerprint density at radius 1 is 1.16 bits per heavy atom. The fraction of sp³-hybridized carbons (Fsp3) is 0.143. The molecule has 0 saturated heterocycles. The third-order valence-corrected chi connectivity index (χ3v) is 3.38. The number of hydrogen-bond donors (Lipinski definition) is 1. The lowest BCUT2D eigenvalue weighted by molar-refractivity contribution is 0.399. The summed E-state index contributed by atoms with van der Waals surface area (Å²) in [5.41, 5.74) is 3.48. The number of aromatic amines is 1. The van der Waals surface area contributed by atoms with Gasteiger partial charge < -0.3 is 9.72 Å². The van der Waals surface area contributed by atoms with Gasteiger partial charge in [0.25, 0.3) is 0 Å². The largest absolute Gasteiger partial charge is 0.481 e. The maximum Gasteiger partial charge on any atom is 0.215 e. The Kier molecular flexibility index (Phi) is 2.87. The first kappa shape index (κ1) is 12.0. The number of methoxy groups -OCH3 is 1. The van der Waals surface area contributed by atoms with Gasteiger partial charge in [0.15, 0.2) is 5.65 Å². The summed E-state index contributed by atoms with van der Waals surface area (Å²) in [6, 6.07) is 9.54. The SMILES string of the molecule is COc1ccc2[nH]c(-c3ccc(C)c(Cl)c3)nc2n1. The first-order valence-corrected chi connectivity index (χ1v) is 6.22. The molecule has 0 spiro atoms. The average molecular weight is 274 g/mol. The Bertz CT molecular complexity index is 752. The molecule has 0 radical (unpaired) electrons. The third kappa shape index (κ3) is 2.15. The van der Waals surface area contributed by atoms with Crippen LogP contribution in [0.15, 0.2) is 30.3 Å². The van der Waals surface area contributed by atoms with Crippen LogP contribution in [0.25, 0.3) is 22.6 Å². The number of imidazole rings is 1. The number of nitrogens with zero attached hydrogens (tertiary/aromatic N) is 2. The summed E-state index contributed by atoms with van der Waals surface area (Å²) in [6.07, 6.45) is 0. The summed E-state index contributed by atoms with van der Waals surface area (Å²) in [6.45, 7) is 1.97. The van der Waals surface area contributed by atoms with Crippen LogP contribution < -0.4 is 4.74 Å². The number of rotatable bonds is 2. The lowest BCUT2D eigenvalue weighted by Crippen LogP contribution is -1.86. The van der Waals surface area contributed by atoms with Crippen molar-refractivity contribution in [1.82, 2.24) is 15.0 Å². The van der Waals surface area contributed by atoms with E-state index in [1.54, 1.807) is 13.2 Å². The van der Waals surface area contributed by atoms with Crippen molar-refractivity contribution in [2.75, 3.05) is 7.11 Å². The van der Waals surface area contributed by atoms with E-state index in [1.165, 1.54) is 0 Å². The zero-order chi connectivity index (χ0) is 13.4. The quantitative estimate of drug-likeness (QED) is 0.776. The van der Waals surface area contributed by atoms with E-state index >= 15 is 0 Å². The summed E-state index contributed by atoms with van der Waals surface area (Å²) in [7, 11) is 1.58. The van der Waals surface area contributed by atoms with Crippen molar-refractivity contribution in [3.63, 3.8) is 0 Å². The summed E-state index contributed by atoms with van der Waals surface area (Å²) >= 11 is 6.13. The molecule has 0 saturated carbocycles. The van der Waals surface area contributed by atoms with Crippen LogP contribution in [0.4, 0.5) is 0 Å². The highest BCUT2D eigenvalue weighted by Crippen LogP contribution is 2.25. The van der Waals surface area contributed by atoms with Gasteiger partial charge in [0, 0.05) is 16.7 Å². The van der Waals surface area contributed by atoms with Gasteiger partial charge in [-0.05, 0) is 24.6 Å². The molecule has 19 heavy (non-hydrogen) atoms. The van der Waals surface area contributed by atoms with Crippen molar-refractivity contribution >= 4 is 22.8 Å². The fourth-order valence-corrected chi connectivity index (χ4v) is 2.05. The third-order valence-electron chi connectivity index (χ3n) is 2.97. The molecular weight excluding hydrogens is 262 g/mol. The maximum atomic E-state index is 6.13. The van der Waals surface area contributed by atoms with Gasteiger partial charge in [0.2, 0.25) is 5.88 Å². The van der Waals surface area contributed by atoms with E-state index in [9.17, 15) is 0 Å². The molecule has 4 nitrogen and oxygen atoms in total. The second-order valence-electron chi connectivity index (χ2n) is 4.27. The summed E-state index contributed by atoms with van der Waals surface area (Å²) in [4.78, 5) is 12.0. The molecule has 3 rings (SSSR count). The zero-order valence-corrected chi connectivity index (χ0v) is 11.3. The van der Waals surface area contributed by atoms with Crippen molar-refractivity contribution in [3.05, 3.63) is 40.9 Å². The summed E-state index contributed by atoms with van der Waals surface area (Å²) in [5.74, 6) is 1.30. The maximum absolute atomic E-state index is 6.13. The highest BCUT2D eigenvalue weighted by atomic mass is 35.5. The summed E-state index contributed by atoms with van der Waals surface area (Å²) in [5, 5.41) is 0.725. The monoisotopic (exact) mass is 273 g/mol. The molecule has 2 heterocycles. The van der Waals surface area contributed by atoms with Crippen LogP contribution >= 0.6 is 11.6 Å². The molecule has 0 aliphatic carbocycles. The highest BCUT2D eigenvalue weighted by Gasteiger charge is 2.08. The zero-order valence-electron chi connectivity index (χ0n) is 10.6. The van der Waals surface area contributed by atoms with Gasteiger partial charge in [-0.1, -0.05) is 23.7 Å². The molecule has 5 heteroatoms. The summed E-state index contributed by atoms with van der Waals surface area (Å²) < 4.78 is 5.09. The van der Waals surface area contributed by atoms with Crippen molar-refractivity contribution in [2.45, 2.75) is 6.92 Å². The van der Waals surface area contributed by atoms with Crippen molar-refractivity contribution < 1.29 is 4.74 Å². The molecule has 0 aliphatic heterocycles. The Hall–Kier alpha value is -2.07. The van der Waals surface area contributed by atoms with Gasteiger partial charge in [-0.3, -0.25) is 0 Å². The van der Waals surface area contributed by atoms with Crippen LogP contribution in [-0.4, -0.2) is 22.1 Å². The van der Waals surface area contributed by atoms with Crippen LogP contribution in [0, 0.1) is 6.92 Å². The van der Waals surface area contributed by atoms with E-state index in [2.05, 4.69) is 15.0 Å². The number of pyridine rings is 1. The molecule has 2 aromatic heterocycles. The smallest absolute Gasteiger partial charge is 0.215 e. The lowest BCUT2D eigenvalue weighted by Gasteiger charge is -2.00. The second-order valence-corrected chi connectivity index (χ2v) is 4.68. The number of halogens is 1. The number of benzene rings is 1. The Labute approximate surface area is 115 Å². The minimum atomic E-state index is 0.549. The van der Waals surface area contributed by atoms with E-state index in [4.69, 9.17) is 16.3 Å². The van der Waals surface area contributed by atoms with Gasteiger partial charge in [-0.25, -0.2) is 4.98 Å². The number of hydrogen-bond acceptors (Lipinski definition) is 3. The average Bonchev–Trinajstić information content (AvgIpc) is 2.84. The molecule has 0 amide bonds. The number of H-pyrrole nitrogens is 1. The molecule has 1 N–H and O–H groups in total. The molecule has 0 unspecified atom stereocenters. The molecule has 96 valence electrons. The normalized spacial score (nSPS) is 10.9. The molecular formula is C14H12ClN3O. The van der Waals surface area contributed by atoms with E-state index in [1.807, 2.05) is 31.2 Å². The van der Waals surface area contributed by atoms with Gasteiger partial charge in [-0.15, -0.1) is 0 Å². The Morgan fingerprint density at radius 2 is 2.00 bits per heavy atom. The Morgan fingerprint density at radius 3 is 2.74 bits per heavy atom. The van der Waals surface area contributed by atoms with Crippen LogP contribution in [0.2, 0.25) is 5.02 Å². The van der Waals surface area contributed by atoms with Crippen LogP contribution in [0.1, 0.15) is 5.56 Å². The van der Waals surface area contributed by atoms with Crippen LogP contribution in [0.5, 0.6) is 5.88 Å². The van der Waals surface area contributed by atoms with E-state index < -0.39 is 0 Å². The Balaban J connectivity index is 2.11. The van der Waals surface area contributed by atoms with E-state index in [0.29, 0.717) is 11.5 Å². The van der Waals surface area contributed by atoms with E-state index in [-0.39, 0.29) is 0 Å². The molecule has 0 aliphatic rings. The fourth-order valence-electron chi connectivity index (χ4n) is 1.87. The first-order chi connectivity index (χ1) is 9.17. The predicted molar refractivity (Wildman–Crippen MR) is 75.6 cm³/mol. The van der Waals surface area contributed by atoms with Gasteiger partial charge in [0.05, 0.1) is 12.6 Å². The van der Waals surface area contributed by atoms with E-state index in [0.717, 1.165) is 27.5 Å². The van der Waals surface area contributed by atoms with Gasteiger partial charge in [-0.2, -0.15) is 4.98 Å². The molecule has 0 fully saturated rings. The van der Waals surface area contributed by atoms with Gasteiger partial charge >= 0.3 is 0 Å². The second kappa shape index (κ2) is 4.55. The molecule has 3 aromatic rings. The van der Waals surface area contributed by atoms with Crippen molar-refractivity contribution in [1.29, 1.82) is 0 Å². The number of nitrogens with one attached hydrogen (secondary N) is 1. The number of aromatic nitrogens is 3.